The lowest BCUT2D eigenvalue weighted by Gasteiger charge is -2.30. The van der Waals surface area contributed by atoms with Crippen LogP contribution in [0.25, 0.3) is 0 Å². The molecular weight excluding hydrogens is 504 g/mol. The van der Waals surface area contributed by atoms with Gasteiger partial charge in [-0.2, -0.15) is 13.2 Å². The highest BCUT2D eigenvalue weighted by Gasteiger charge is 2.49. The summed E-state index contributed by atoms with van der Waals surface area (Å²) in [6.45, 7) is 4.96. The molecule has 2 atom stereocenters. The number of halogens is 5. The summed E-state index contributed by atoms with van der Waals surface area (Å²) in [6, 6.07) is 3.64. The van der Waals surface area contributed by atoms with E-state index in [1.54, 1.807) is 6.92 Å². The van der Waals surface area contributed by atoms with Crippen LogP contribution in [0.1, 0.15) is 24.6 Å². The number of morpholine rings is 1. The molecule has 0 spiro atoms. The number of anilines is 2. The van der Waals surface area contributed by atoms with Gasteiger partial charge in [0.2, 0.25) is 11.8 Å². The fourth-order valence-corrected chi connectivity index (χ4v) is 4.82. The third-order valence-electron chi connectivity index (χ3n) is 6.36. The number of ether oxygens (including phenoxy) is 1. The van der Waals surface area contributed by atoms with Crippen molar-refractivity contribution in [3.63, 3.8) is 0 Å². The van der Waals surface area contributed by atoms with Crippen molar-refractivity contribution < 1.29 is 31.9 Å². The van der Waals surface area contributed by atoms with E-state index in [0.29, 0.717) is 32.0 Å². The Balaban J connectivity index is 1.76. The summed E-state index contributed by atoms with van der Waals surface area (Å²) in [6.07, 6.45) is -4.60. The van der Waals surface area contributed by atoms with Gasteiger partial charge in [-0.15, -0.1) is 0 Å². The van der Waals surface area contributed by atoms with Crippen molar-refractivity contribution in [1.29, 1.82) is 0 Å². The summed E-state index contributed by atoms with van der Waals surface area (Å²) in [4.78, 5) is 35.9. The number of nitrogens with zero attached hydrogens (tertiary/aromatic N) is 4. The maximum absolute atomic E-state index is 13.8. The lowest BCUT2D eigenvalue weighted by Crippen LogP contribution is -2.49. The van der Waals surface area contributed by atoms with Gasteiger partial charge < -0.3 is 9.64 Å². The van der Waals surface area contributed by atoms with E-state index in [2.05, 4.69) is 4.98 Å². The molecule has 2 saturated heterocycles. The van der Waals surface area contributed by atoms with Crippen molar-refractivity contribution in [2.75, 3.05) is 42.6 Å². The molecule has 2 aliphatic rings. The molecule has 4 rings (SSSR count). The van der Waals surface area contributed by atoms with Crippen LogP contribution in [0.2, 0.25) is 5.02 Å². The topological polar surface area (TPSA) is 66.0 Å². The van der Waals surface area contributed by atoms with E-state index >= 15 is 0 Å². The van der Waals surface area contributed by atoms with Gasteiger partial charge in [0.05, 0.1) is 29.8 Å². The van der Waals surface area contributed by atoms with Gasteiger partial charge in [-0.05, 0) is 44.2 Å². The number of carbonyl (C=O) groups is 2. The van der Waals surface area contributed by atoms with E-state index in [1.807, 2.05) is 4.90 Å². The Morgan fingerprint density at radius 1 is 1.22 bits per heavy atom. The Bertz CT molecular complexity index is 1160. The molecule has 12 heteroatoms. The first-order valence-corrected chi connectivity index (χ1v) is 11.9. The van der Waals surface area contributed by atoms with Crippen LogP contribution in [-0.2, 0) is 20.5 Å². The van der Waals surface area contributed by atoms with Gasteiger partial charge in [-0.25, -0.2) is 9.37 Å². The zero-order chi connectivity index (χ0) is 26.2. The maximum Gasteiger partial charge on any atom is 0.416 e. The number of likely N-dealkylation sites (N-methyl/N-ethyl adjacent to an activating group) is 1. The highest BCUT2D eigenvalue weighted by Crippen LogP contribution is 2.36. The van der Waals surface area contributed by atoms with Crippen LogP contribution in [-0.4, -0.2) is 66.6 Å². The van der Waals surface area contributed by atoms with Crippen molar-refractivity contribution in [1.82, 2.24) is 9.88 Å². The Morgan fingerprint density at radius 2 is 1.92 bits per heavy atom. The third-order valence-corrected chi connectivity index (χ3v) is 6.65. The summed E-state index contributed by atoms with van der Waals surface area (Å²) >= 11 is 5.92. The number of amides is 2. The molecule has 0 N–H and O–H groups in total. The fraction of sp³-hybridized carbons (Fsp3) is 0.458. The molecule has 3 heterocycles. The van der Waals surface area contributed by atoms with Gasteiger partial charge in [0.1, 0.15) is 17.7 Å². The third kappa shape index (κ3) is 5.18. The zero-order valence-electron chi connectivity index (χ0n) is 19.7. The van der Waals surface area contributed by atoms with Gasteiger partial charge in [0.25, 0.3) is 0 Å². The highest BCUT2D eigenvalue weighted by atomic mass is 35.5. The molecule has 2 fully saturated rings. The molecule has 0 aliphatic carbocycles. The number of alkyl halides is 3. The van der Waals surface area contributed by atoms with Crippen molar-refractivity contribution in [3.8, 4) is 0 Å². The van der Waals surface area contributed by atoms with Crippen LogP contribution in [0.5, 0.6) is 0 Å². The molecule has 0 radical (unpaired) electrons. The standard InChI is InChI=1S/C24H25ClF4N4O3/c1-3-32(16-4-5-18(26)17(25)12-16)22(34)20-13-19(31-6-8-36-9-7-31)23(35)33(20)21-11-15(24(27,28)29)10-14(2)30-21/h4-5,10-12,19-20H,3,6-9,13H2,1-2H3. The quantitative estimate of drug-likeness (QED) is 0.548. The van der Waals surface area contributed by atoms with Gasteiger partial charge in [0.15, 0.2) is 0 Å². The number of carbonyl (C=O) groups excluding carboxylic acids is 2. The average molecular weight is 529 g/mol. The number of benzene rings is 1. The lowest BCUT2D eigenvalue weighted by atomic mass is 10.1. The van der Waals surface area contributed by atoms with E-state index in [4.69, 9.17) is 16.3 Å². The number of pyridine rings is 1. The molecule has 1 aromatic carbocycles. The molecule has 7 nitrogen and oxygen atoms in total. The highest BCUT2D eigenvalue weighted by molar-refractivity contribution is 6.31. The predicted octanol–water partition coefficient (Wildman–Crippen LogP) is 4.06. The van der Waals surface area contributed by atoms with Crippen molar-refractivity contribution in [2.45, 2.75) is 38.5 Å². The molecule has 1 aromatic heterocycles. The minimum atomic E-state index is -4.66. The molecular formula is C24H25ClF4N4O3. The smallest absolute Gasteiger partial charge is 0.379 e. The Labute approximate surface area is 210 Å². The van der Waals surface area contributed by atoms with Gasteiger partial charge in [-0.3, -0.25) is 19.4 Å². The van der Waals surface area contributed by atoms with Crippen molar-refractivity contribution in [2.24, 2.45) is 0 Å². The summed E-state index contributed by atoms with van der Waals surface area (Å²) in [5.41, 5.74) is -0.591. The minimum absolute atomic E-state index is 0.0556. The predicted molar refractivity (Wildman–Crippen MR) is 125 cm³/mol. The van der Waals surface area contributed by atoms with E-state index in [-0.39, 0.29) is 29.5 Å². The molecule has 2 aliphatic heterocycles. The summed E-state index contributed by atoms with van der Waals surface area (Å²) in [5.74, 6) is -1.93. The Hall–Kier alpha value is -2.76. The Kier molecular flexibility index (Phi) is 7.53. The first-order chi connectivity index (χ1) is 17.0. The molecule has 0 saturated carbocycles. The van der Waals surface area contributed by atoms with Crippen LogP contribution in [0.4, 0.5) is 29.1 Å². The van der Waals surface area contributed by atoms with Crippen LogP contribution >= 0.6 is 11.6 Å². The lowest BCUT2D eigenvalue weighted by molar-refractivity contribution is -0.137. The van der Waals surface area contributed by atoms with Crippen LogP contribution in [0.3, 0.4) is 0 Å². The zero-order valence-corrected chi connectivity index (χ0v) is 20.4. The van der Waals surface area contributed by atoms with E-state index in [0.717, 1.165) is 23.1 Å². The fourth-order valence-electron chi connectivity index (χ4n) is 4.65. The SMILES string of the molecule is CCN(C(=O)C1CC(N2CCOCC2)C(=O)N1c1cc(C(F)(F)F)cc(C)n1)c1ccc(F)c(Cl)c1. The average Bonchev–Trinajstić information content (AvgIpc) is 3.18. The van der Waals surface area contributed by atoms with Crippen LogP contribution < -0.4 is 9.80 Å². The second-order valence-corrected chi connectivity index (χ2v) is 9.07. The number of aryl methyl sites for hydroxylation is 1. The molecule has 0 bridgehead atoms. The Morgan fingerprint density at radius 3 is 2.53 bits per heavy atom. The van der Waals surface area contributed by atoms with Crippen LogP contribution in [0, 0.1) is 12.7 Å². The molecule has 2 aromatic rings. The number of hydrogen-bond acceptors (Lipinski definition) is 5. The largest absolute Gasteiger partial charge is 0.416 e. The summed E-state index contributed by atoms with van der Waals surface area (Å²) in [7, 11) is 0. The van der Waals surface area contributed by atoms with Gasteiger partial charge in [-0.1, -0.05) is 11.6 Å². The molecule has 36 heavy (non-hydrogen) atoms. The molecule has 194 valence electrons. The van der Waals surface area contributed by atoms with Gasteiger partial charge in [0, 0.05) is 37.4 Å². The first kappa shape index (κ1) is 26.3. The maximum atomic E-state index is 13.8. The van der Waals surface area contributed by atoms with Crippen molar-refractivity contribution in [3.05, 3.63) is 52.4 Å². The van der Waals surface area contributed by atoms with Gasteiger partial charge >= 0.3 is 6.18 Å². The van der Waals surface area contributed by atoms with Crippen molar-refractivity contribution >= 4 is 34.9 Å². The molecule has 2 unspecified atom stereocenters. The molecule has 2 amide bonds. The summed E-state index contributed by atoms with van der Waals surface area (Å²) in [5, 5.41) is -0.181. The second-order valence-electron chi connectivity index (χ2n) is 8.66. The normalized spacial score (nSPS) is 21.2. The van der Waals surface area contributed by atoms with E-state index < -0.39 is 41.5 Å². The monoisotopic (exact) mass is 528 g/mol. The summed E-state index contributed by atoms with van der Waals surface area (Å²) < 4.78 is 59.8. The van der Waals surface area contributed by atoms with E-state index in [1.165, 1.54) is 24.0 Å². The van der Waals surface area contributed by atoms with Crippen LogP contribution in [0.15, 0.2) is 30.3 Å². The second kappa shape index (κ2) is 10.3. The minimum Gasteiger partial charge on any atom is -0.379 e. The number of aromatic nitrogens is 1. The number of hydrogen-bond donors (Lipinski definition) is 0. The van der Waals surface area contributed by atoms with E-state index in [9.17, 15) is 27.2 Å². The first-order valence-electron chi connectivity index (χ1n) is 11.5. The number of rotatable bonds is 5.